The number of nitrogens with zero attached hydrogens (tertiary/aromatic N) is 5. The lowest BCUT2D eigenvalue weighted by Gasteiger charge is -2.35. The third-order valence-electron chi connectivity index (χ3n) is 6.90. The molecule has 0 N–H and O–H groups in total. The molecule has 0 unspecified atom stereocenters. The topological polar surface area (TPSA) is 88.0 Å². The number of hydrogen-bond acceptors (Lipinski definition) is 5. The van der Waals surface area contributed by atoms with Crippen LogP contribution in [0.15, 0.2) is 18.2 Å². The SMILES string of the molecule is CC(=O)N1CCN(S(=O)(=O)N(C)c2ccc3c(c2)nc(C(C)(C)C)n3CC2CCOCC2)CC1. The van der Waals surface area contributed by atoms with Gasteiger partial charge in [-0.1, -0.05) is 20.8 Å². The van der Waals surface area contributed by atoms with Crippen LogP contribution in [0.4, 0.5) is 5.69 Å². The van der Waals surface area contributed by atoms with Crippen LogP contribution in [0.5, 0.6) is 0 Å². The molecule has 2 aliphatic heterocycles. The summed E-state index contributed by atoms with van der Waals surface area (Å²) in [6.07, 6.45) is 2.08. The number of imidazole rings is 1. The zero-order valence-corrected chi connectivity index (χ0v) is 21.8. The summed E-state index contributed by atoms with van der Waals surface area (Å²) in [5.41, 5.74) is 2.27. The predicted molar refractivity (Wildman–Crippen MR) is 133 cm³/mol. The highest BCUT2D eigenvalue weighted by Gasteiger charge is 2.32. The van der Waals surface area contributed by atoms with Gasteiger partial charge < -0.3 is 14.2 Å². The molecule has 34 heavy (non-hydrogen) atoms. The van der Waals surface area contributed by atoms with E-state index in [1.54, 1.807) is 11.9 Å². The number of ether oxygens (including phenoxy) is 1. The van der Waals surface area contributed by atoms with Crippen LogP contribution in [0.25, 0.3) is 11.0 Å². The summed E-state index contributed by atoms with van der Waals surface area (Å²) in [6, 6.07) is 5.72. The van der Waals surface area contributed by atoms with Crippen molar-refractivity contribution in [3.63, 3.8) is 0 Å². The number of rotatable bonds is 5. The molecule has 2 saturated heterocycles. The van der Waals surface area contributed by atoms with Crippen LogP contribution in [0.3, 0.4) is 0 Å². The first-order chi connectivity index (χ1) is 16.0. The Morgan fingerprint density at radius 1 is 1.15 bits per heavy atom. The largest absolute Gasteiger partial charge is 0.381 e. The number of piperazine rings is 1. The number of anilines is 1. The van der Waals surface area contributed by atoms with Gasteiger partial charge in [-0.2, -0.15) is 12.7 Å². The smallest absolute Gasteiger partial charge is 0.303 e. The lowest BCUT2D eigenvalue weighted by molar-refractivity contribution is -0.129. The van der Waals surface area contributed by atoms with Gasteiger partial charge in [0.05, 0.1) is 16.7 Å². The summed E-state index contributed by atoms with van der Waals surface area (Å²) < 4.78 is 37.2. The van der Waals surface area contributed by atoms with Gasteiger partial charge in [-0.05, 0) is 37.0 Å². The molecular weight excluding hydrogens is 454 g/mol. The lowest BCUT2D eigenvalue weighted by atomic mass is 9.94. The Hall–Kier alpha value is -2.17. The first-order valence-electron chi connectivity index (χ1n) is 12.1. The average molecular weight is 492 g/mol. The van der Waals surface area contributed by atoms with E-state index in [9.17, 15) is 13.2 Å². The lowest BCUT2D eigenvalue weighted by Crippen LogP contribution is -2.53. The van der Waals surface area contributed by atoms with E-state index in [0.717, 1.165) is 49.5 Å². The zero-order chi connectivity index (χ0) is 24.7. The number of carbonyl (C=O) groups excluding carboxylic acids is 1. The minimum Gasteiger partial charge on any atom is -0.381 e. The van der Waals surface area contributed by atoms with Crippen molar-refractivity contribution >= 4 is 32.8 Å². The molecule has 1 aromatic heterocycles. The third kappa shape index (κ3) is 4.94. The summed E-state index contributed by atoms with van der Waals surface area (Å²) in [6.45, 7) is 11.9. The molecule has 2 aliphatic rings. The van der Waals surface area contributed by atoms with Gasteiger partial charge in [0.1, 0.15) is 5.82 Å². The highest BCUT2D eigenvalue weighted by Crippen LogP contribution is 2.32. The molecular formula is C24H37N5O4S. The zero-order valence-electron chi connectivity index (χ0n) is 21.0. The van der Waals surface area contributed by atoms with Crippen molar-refractivity contribution in [2.24, 2.45) is 5.92 Å². The number of amides is 1. The molecule has 0 saturated carbocycles. The second-order valence-electron chi connectivity index (χ2n) is 10.4. The molecule has 1 amide bonds. The first kappa shape index (κ1) is 24.9. The number of fused-ring (bicyclic) bond motifs is 1. The molecule has 2 aromatic rings. The molecule has 0 atom stereocenters. The molecule has 4 rings (SSSR count). The number of hydrogen-bond donors (Lipinski definition) is 0. The Balaban J connectivity index is 1.62. The van der Waals surface area contributed by atoms with Crippen LogP contribution in [-0.4, -0.2) is 79.5 Å². The molecule has 9 nitrogen and oxygen atoms in total. The maximum atomic E-state index is 13.3. The van der Waals surface area contributed by atoms with Crippen molar-refractivity contribution in [2.45, 2.75) is 52.5 Å². The van der Waals surface area contributed by atoms with Crippen molar-refractivity contribution in [1.29, 1.82) is 0 Å². The monoisotopic (exact) mass is 491 g/mol. The van der Waals surface area contributed by atoms with Crippen LogP contribution >= 0.6 is 0 Å². The molecule has 2 fully saturated rings. The van der Waals surface area contributed by atoms with Crippen LogP contribution in [0.1, 0.15) is 46.4 Å². The van der Waals surface area contributed by atoms with Gasteiger partial charge in [-0.15, -0.1) is 0 Å². The maximum absolute atomic E-state index is 13.3. The van der Waals surface area contributed by atoms with E-state index in [0.29, 0.717) is 37.8 Å². The van der Waals surface area contributed by atoms with Gasteiger partial charge in [-0.3, -0.25) is 9.10 Å². The summed E-state index contributed by atoms with van der Waals surface area (Å²) in [4.78, 5) is 18.2. The molecule has 0 bridgehead atoms. The van der Waals surface area contributed by atoms with Gasteiger partial charge in [-0.25, -0.2) is 4.98 Å². The Morgan fingerprint density at radius 3 is 2.38 bits per heavy atom. The second kappa shape index (κ2) is 9.47. The summed E-state index contributed by atoms with van der Waals surface area (Å²) >= 11 is 0. The Bertz CT molecular complexity index is 1140. The Labute approximate surface area is 202 Å². The van der Waals surface area contributed by atoms with E-state index in [1.165, 1.54) is 15.5 Å². The highest BCUT2D eigenvalue weighted by molar-refractivity contribution is 7.90. The Kier molecular flexibility index (Phi) is 6.94. The number of aromatic nitrogens is 2. The van der Waals surface area contributed by atoms with E-state index in [2.05, 4.69) is 25.3 Å². The molecule has 10 heteroatoms. The molecule has 0 spiro atoms. The fourth-order valence-electron chi connectivity index (χ4n) is 4.80. The molecule has 0 aliphatic carbocycles. The van der Waals surface area contributed by atoms with Crippen molar-refractivity contribution in [2.75, 3.05) is 50.7 Å². The van der Waals surface area contributed by atoms with Gasteiger partial charge in [0.15, 0.2) is 0 Å². The summed E-state index contributed by atoms with van der Waals surface area (Å²) in [5, 5.41) is 0. The predicted octanol–water partition coefficient (Wildman–Crippen LogP) is 2.61. The number of benzene rings is 1. The summed E-state index contributed by atoms with van der Waals surface area (Å²) in [5.74, 6) is 1.53. The first-order valence-corrected chi connectivity index (χ1v) is 13.5. The maximum Gasteiger partial charge on any atom is 0.303 e. The quantitative estimate of drug-likeness (QED) is 0.642. The molecule has 188 valence electrons. The van der Waals surface area contributed by atoms with Crippen LogP contribution < -0.4 is 4.31 Å². The summed E-state index contributed by atoms with van der Waals surface area (Å²) in [7, 11) is -2.13. The van der Waals surface area contributed by atoms with E-state index < -0.39 is 10.2 Å². The fraction of sp³-hybridized carbons (Fsp3) is 0.667. The molecule has 3 heterocycles. The standard InChI is InChI=1S/C24H37N5O4S/c1-18(30)27-10-12-28(13-11-27)34(31,32)26(5)20-6-7-22-21(16-20)25-23(24(2,3)4)29(22)17-19-8-14-33-15-9-19/h6-7,16,19H,8-15,17H2,1-5H3. The number of carbonyl (C=O) groups is 1. The van der Waals surface area contributed by atoms with Crippen LogP contribution in [0.2, 0.25) is 0 Å². The van der Waals surface area contributed by atoms with Crippen molar-refractivity contribution < 1.29 is 17.9 Å². The van der Waals surface area contributed by atoms with Crippen molar-refractivity contribution in [3.05, 3.63) is 24.0 Å². The molecule has 0 radical (unpaired) electrons. The third-order valence-corrected chi connectivity index (χ3v) is 8.82. The average Bonchev–Trinajstić information content (AvgIpc) is 3.17. The van der Waals surface area contributed by atoms with E-state index >= 15 is 0 Å². The van der Waals surface area contributed by atoms with E-state index in [-0.39, 0.29) is 11.3 Å². The minimum absolute atomic E-state index is 0.0261. The minimum atomic E-state index is -3.71. The van der Waals surface area contributed by atoms with Crippen LogP contribution in [0, 0.1) is 5.92 Å². The Morgan fingerprint density at radius 2 is 1.79 bits per heavy atom. The van der Waals surface area contributed by atoms with Gasteiger partial charge in [0.2, 0.25) is 5.91 Å². The van der Waals surface area contributed by atoms with E-state index in [1.807, 2.05) is 18.2 Å². The van der Waals surface area contributed by atoms with Gasteiger partial charge >= 0.3 is 10.2 Å². The van der Waals surface area contributed by atoms with Crippen molar-refractivity contribution in [3.8, 4) is 0 Å². The van der Waals surface area contributed by atoms with Crippen LogP contribution in [-0.2, 0) is 31.7 Å². The molecule has 1 aromatic carbocycles. The normalized spacial score (nSPS) is 19.0. The fourth-order valence-corrected chi connectivity index (χ4v) is 6.15. The second-order valence-corrected chi connectivity index (χ2v) is 12.4. The highest BCUT2D eigenvalue weighted by atomic mass is 32.2. The van der Waals surface area contributed by atoms with Gasteiger partial charge in [0, 0.05) is 65.3 Å². The van der Waals surface area contributed by atoms with Gasteiger partial charge in [0.25, 0.3) is 0 Å². The van der Waals surface area contributed by atoms with Crippen molar-refractivity contribution in [1.82, 2.24) is 18.8 Å². The van der Waals surface area contributed by atoms with E-state index in [4.69, 9.17) is 9.72 Å².